The van der Waals surface area contributed by atoms with Crippen molar-refractivity contribution in [1.29, 1.82) is 0 Å². The number of ether oxygens (including phenoxy) is 2. The van der Waals surface area contributed by atoms with Gasteiger partial charge in [-0.1, -0.05) is 31.2 Å². The summed E-state index contributed by atoms with van der Waals surface area (Å²) in [5, 5.41) is 0. The standard InChI is InChI=1S/C13H20O2/c1-5-13(15-4)12-8-6-11(7-9-12)10(2)14-3/h6-10,13H,5H2,1-4H3. The topological polar surface area (TPSA) is 18.5 Å². The first-order valence-electron chi connectivity index (χ1n) is 5.38. The maximum Gasteiger partial charge on any atom is 0.0818 e. The lowest BCUT2D eigenvalue weighted by molar-refractivity contribution is 0.0996. The average molecular weight is 208 g/mol. The molecule has 0 aliphatic carbocycles. The third kappa shape index (κ3) is 3.05. The molecule has 1 rings (SSSR count). The van der Waals surface area contributed by atoms with E-state index in [1.165, 1.54) is 11.1 Å². The zero-order valence-electron chi connectivity index (χ0n) is 9.99. The van der Waals surface area contributed by atoms with Crippen LogP contribution >= 0.6 is 0 Å². The van der Waals surface area contributed by atoms with E-state index in [1.54, 1.807) is 14.2 Å². The maximum absolute atomic E-state index is 5.38. The Morgan fingerprint density at radius 3 is 1.93 bits per heavy atom. The number of benzene rings is 1. The van der Waals surface area contributed by atoms with E-state index in [0.717, 1.165) is 6.42 Å². The SMILES string of the molecule is CCC(OC)c1ccc(C(C)OC)cc1. The smallest absolute Gasteiger partial charge is 0.0818 e. The van der Waals surface area contributed by atoms with E-state index in [4.69, 9.17) is 9.47 Å². The van der Waals surface area contributed by atoms with Crippen molar-refractivity contribution in [2.24, 2.45) is 0 Å². The molecular weight excluding hydrogens is 188 g/mol. The van der Waals surface area contributed by atoms with Gasteiger partial charge in [0.2, 0.25) is 0 Å². The summed E-state index contributed by atoms with van der Waals surface area (Å²) in [6.07, 6.45) is 1.36. The van der Waals surface area contributed by atoms with Crippen molar-refractivity contribution >= 4 is 0 Å². The highest BCUT2D eigenvalue weighted by Crippen LogP contribution is 2.23. The summed E-state index contributed by atoms with van der Waals surface area (Å²) >= 11 is 0. The Kier molecular flexibility index (Phi) is 4.79. The van der Waals surface area contributed by atoms with E-state index in [1.807, 2.05) is 6.92 Å². The van der Waals surface area contributed by atoms with Crippen LogP contribution in [0.2, 0.25) is 0 Å². The summed E-state index contributed by atoms with van der Waals surface area (Å²) in [6, 6.07) is 8.43. The molecule has 15 heavy (non-hydrogen) atoms. The predicted molar refractivity (Wildman–Crippen MR) is 61.9 cm³/mol. The minimum absolute atomic E-state index is 0.154. The number of rotatable bonds is 5. The Labute approximate surface area is 92.2 Å². The molecule has 1 aromatic carbocycles. The molecule has 0 aliphatic rings. The number of hydrogen-bond donors (Lipinski definition) is 0. The van der Waals surface area contributed by atoms with Gasteiger partial charge in [0.15, 0.2) is 0 Å². The van der Waals surface area contributed by atoms with E-state index in [0.29, 0.717) is 0 Å². The second kappa shape index (κ2) is 5.89. The molecule has 0 bridgehead atoms. The highest BCUT2D eigenvalue weighted by molar-refractivity contribution is 5.25. The van der Waals surface area contributed by atoms with E-state index < -0.39 is 0 Å². The van der Waals surface area contributed by atoms with Crippen molar-refractivity contribution in [1.82, 2.24) is 0 Å². The van der Waals surface area contributed by atoms with Gasteiger partial charge in [-0.15, -0.1) is 0 Å². The minimum atomic E-state index is 0.154. The van der Waals surface area contributed by atoms with Crippen LogP contribution in [0, 0.1) is 0 Å². The molecule has 2 unspecified atom stereocenters. The third-order valence-electron chi connectivity index (χ3n) is 2.79. The number of hydrogen-bond acceptors (Lipinski definition) is 2. The molecule has 0 aliphatic heterocycles. The molecule has 0 aromatic heterocycles. The summed E-state index contributed by atoms with van der Waals surface area (Å²) < 4.78 is 10.6. The number of methoxy groups -OCH3 is 2. The first-order valence-corrected chi connectivity index (χ1v) is 5.38. The van der Waals surface area contributed by atoms with Crippen molar-refractivity contribution in [3.8, 4) is 0 Å². The largest absolute Gasteiger partial charge is 0.377 e. The van der Waals surface area contributed by atoms with Crippen LogP contribution in [0.5, 0.6) is 0 Å². The molecule has 0 saturated heterocycles. The molecule has 84 valence electrons. The highest BCUT2D eigenvalue weighted by atomic mass is 16.5. The van der Waals surface area contributed by atoms with Gasteiger partial charge in [0, 0.05) is 14.2 Å². The molecule has 0 fully saturated rings. The van der Waals surface area contributed by atoms with Crippen LogP contribution in [-0.2, 0) is 9.47 Å². The van der Waals surface area contributed by atoms with E-state index >= 15 is 0 Å². The van der Waals surface area contributed by atoms with Crippen LogP contribution in [0.3, 0.4) is 0 Å². The summed E-state index contributed by atoms with van der Waals surface area (Å²) in [4.78, 5) is 0. The van der Waals surface area contributed by atoms with Gasteiger partial charge < -0.3 is 9.47 Å². The summed E-state index contributed by atoms with van der Waals surface area (Å²) in [6.45, 7) is 4.17. The van der Waals surface area contributed by atoms with Gasteiger partial charge in [-0.2, -0.15) is 0 Å². The fourth-order valence-electron chi connectivity index (χ4n) is 1.66. The molecule has 0 radical (unpaired) electrons. The van der Waals surface area contributed by atoms with Crippen molar-refractivity contribution in [2.45, 2.75) is 32.5 Å². The fourth-order valence-corrected chi connectivity index (χ4v) is 1.66. The molecular formula is C13H20O2. The minimum Gasteiger partial charge on any atom is -0.377 e. The van der Waals surface area contributed by atoms with Crippen LogP contribution in [0.1, 0.15) is 43.6 Å². The molecule has 0 N–H and O–H groups in total. The molecule has 1 aromatic rings. The maximum atomic E-state index is 5.38. The van der Waals surface area contributed by atoms with Crippen LogP contribution in [0.25, 0.3) is 0 Å². The van der Waals surface area contributed by atoms with Gasteiger partial charge in [0.25, 0.3) is 0 Å². The monoisotopic (exact) mass is 208 g/mol. The molecule has 0 amide bonds. The first-order chi connectivity index (χ1) is 7.22. The van der Waals surface area contributed by atoms with Crippen LogP contribution in [-0.4, -0.2) is 14.2 Å². The second-order valence-electron chi connectivity index (χ2n) is 3.68. The first kappa shape index (κ1) is 12.2. The zero-order chi connectivity index (χ0) is 11.3. The Bertz CT molecular complexity index is 275. The summed E-state index contributed by atoms with van der Waals surface area (Å²) in [5.41, 5.74) is 2.43. The van der Waals surface area contributed by atoms with Gasteiger partial charge in [0.05, 0.1) is 12.2 Å². The lowest BCUT2D eigenvalue weighted by Gasteiger charge is -2.15. The lowest BCUT2D eigenvalue weighted by atomic mass is 10.0. The van der Waals surface area contributed by atoms with E-state index in [-0.39, 0.29) is 12.2 Å². The Balaban J connectivity index is 2.79. The Morgan fingerprint density at radius 1 is 1.00 bits per heavy atom. The van der Waals surface area contributed by atoms with Gasteiger partial charge in [-0.3, -0.25) is 0 Å². The average Bonchev–Trinajstić information content (AvgIpc) is 2.30. The molecule has 0 spiro atoms. The van der Waals surface area contributed by atoms with Crippen LogP contribution < -0.4 is 0 Å². The van der Waals surface area contributed by atoms with E-state index in [2.05, 4.69) is 31.2 Å². The highest BCUT2D eigenvalue weighted by Gasteiger charge is 2.08. The Morgan fingerprint density at radius 2 is 1.53 bits per heavy atom. The van der Waals surface area contributed by atoms with Crippen LogP contribution in [0.4, 0.5) is 0 Å². The van der Waals surface area contributed by atoms with Gasteiger partial charge in [-0.05, 0) is 24.5 Å². The fraction of sp³-hybridized carbons (Fsp3) is 0.538. The van der Waals surface area contributed by atoms with Crippen molar-refractivity contribution in [3.63, 3.8) is 0 Å². The molecule has 2 atom stereocenters. The third-order valence-corrected chi connectivity index (χ3v) is 2.79. The predicted octanol–water partition coefficient (Wildman–Crippen LogP) is 3.49. The zero-order valence-corrected chi connectivity index (χ0v) is 9.99. The van der Waals surface area contributed by atoms with E-state index in [9.17, 15) is 0 Å². The van der Waals surface area contributed by atoms with Crippen molar-refractivity contribution < 1.29 is 9.47 Å². The normalized spacial score (nSPS) is 14.9. The summed E-state index contributed by atoms with van der Waals surface area (Å²) in [7, 11) is 3.47. The van der Waals surface area contributed by atoms with Crippen molar-refractivity contribution in [3.05, 3.63) is 35.4 Å². The summed E-state index contributed by atoms with van der Waals surface area (Å²) in [5.74, 6) is 0. The molecule has 0 saturated carbocycles. The van der Waals surface area contributed by atoms with Gasteiger partial charge >= 0.3 is 0 Å². The van der Waals surface area contributed by atoms with Gasteiger partial charge in [-0.25, -0.2) is 0 Å². The Hall–Kier alpha value is -0.860. The van der Waals surface area contributed by atoms with Crippen molar-refractivity contribution in [2.75, 3.05) is 14.2 Å². The second-order valence-corrected chi connectivity index (χ2v) is 3.68. The van der Waals surface area contributed by atoms with Crippen LogP contribution in [0.15, 0.2) is 24.3 Å². The quantitative estimate of drug-likeness (QED) is 0.737. The molecule has 2 nitrogen and oxygen atoms in total. The van der Waals surface area contributed by atoms with Gasteiger partial charge in [0.1, 0.15) is 0 Å². The lowest BCUT2D eigenvalue weighted by Crippen LogP contribution is -2.01. The molecule has 2 heteroatoms. The molecule has 0 heterocycles.